The topological polar surface area (TPSA) is 69.3 Å². The maximum Gasteiger partial charge on any atom is 0.274 e. The Morgan fingerprint density at radius 1 is 1.29 bits per heavy atom. The number of carbonyl (C=O) groups excluding carboxylic acids is 1. The van der Waals surface area contributed by atoms with Gasteiger partial charge in [0.25, 0.3) is 5.91 Å². The standard InChI is InChI=1S/C18H15ClN4O/c1-18(2)10-16(15-4-3-14(19)9-13(15)11-20)22-23(18)17(24)12-5-7-21-8-6-12/h3-9H,10H2,1-2H3. The SMILES string of the molecule is CC1(C)CC(c2ccc(Cl)cc2C#N)=NN1C(=O)c1ccncc1. The third kappa shape index (κ3) is 2.89. The summed E-state index contributed by atoms with van der Waals surface area (Å²) in [6, 6.07) is 10.6. The smallest absolute Gasteiger partial charge is 0.267 e. The first-order valence-corrected chi connectivity index (χ1v) is 7.82. The molecule has 1 aromatic heterocycles. The lowest BCUT2D eigenvalue weighted by atomic mass is 9.92. The molecule has 2 aromatic rings. The molecule has 0 N–H and O–H groups in total. The molecule has 0 saturated carbocycles. The molecule has 0 bridgehead atoms. The van der Waals surface area contributed by atoms with Crippen molar-refractivity contribution in [3.63, 3.8) is 0 Å². The van der Waals surface area contributed by atoms with Crippen molar-refractivity contribution in [1.29, 1.82) is 5.26 Å². The van der Waals surface area contributed by atoms with Crippen LogP contribution in [-0.2, 0) is 0 Å². The highest BCUT2D eigenvalue weighted by Crippen LogP contribution is 2.32. The Kier molecular flexibility index (Phi) is 4.08. The number of nitriles is 1. The van der Waals surface area contributed by atoms with Crippen LogP contribution >= 0.6 is 11.6 Å². The van der Waals surface area contributed by atoms with Crippen LogP contribution in [0.1, 0.15) is 41.8 Å². The van der Waals surface area contributed by atoms with Crippen LogP contribution in [0.4, 0.5) is 0 Å². The third-order valence-electron chi connectivity index (χ3n) is 3.93. The molecule has 1 amide bonds. The number of nitrogens with zero attached hydrogens (tertiary/aromatic N) is 4. The maximum atomic E-state index is 12.8. The number of amides is 1. The minimum Gasteiger partial charge on any atom is -0.267 e. The average Bonchev–Trinajstić information content (AvgIpc) is 2.90. The molecule has 0 aliphatic carbocycles. The molecule has 0 atom stereocenters. The second-order valence-electron chi connectivity index (χ2n) is 6.19. The van der Waals surface area contributed by atoms with Crippen LogP contribution in [0.2, 0.25) is 5.02 Å². The van der Waals surface area contributed by atoms with Gasteiger partial charge in [-0.25, -0.2) is 5.01 Å². The molecule has 120 valence electrons. The van der Waals surface area contributed by atoms with Crippen LogP contribution in [0.15, 0.2) is 47.8 Å². The van der Waals surface area contributed by atoms with E-state index < -0.39 is 5.54 Å². The number of benzene rings is 1. The molecule has 1 aromatic carbocycles. The van der Waals surface area contributed by atoms with Crippen LogP contribution in [0.25, 0.3) is 0 Å². The molecule has 1 aliphatic rings. The lowest BCUT2D eigenvalue weighted by Crippen LogP contribution is -2.40. The summed E-state index contributed by atoms with van der Waals surface area (Å²) in [5.74, 6) is -0.190. The predicted octanol–water partition coefficient (Wildman–Crippen LogP) is 3.64. The number of halogens is 1. The normalized spacial score (nSPS) is 15.8. The Morgan fingerprint density at radius 3 is 2.67 bits per heavy atom. The van der Waals surface area contributed by atoms with Crippen molar-refractivity contribution in [2.45, 2.75) is 25.8 Å². The lowest BCUT2D eigenvalue weighted by Gasteiger charge is -2.28. The molecule has 5 nitrogen and oxygen atoms in total. The zero-order valence-corrected chi connectivity index (χ0v) is 14.1. The van der Waals surface area contributed by atoms with Crippen molar-refractivity contribution in [2.24, 2.45) is 5.10 Å². The van der Waals surface area contributed by atoms with Crippen molar-refractivity contribution in [3.05, 3.63) is 64.4 Å². The molecular weight excluding hydrogens is 324 g/mol. The number of hydrogen-bond acceptors (Lipinski definition) is 4. The van der Waals surface area contributed by atoms with Gasteiger partial charge in [-0.15, -0.1) is 0 Å². The van der Waals surface area contributed by atoms with Gasteiger partial charge in [0.15, 0.2) is 0 Å². The van der Waals surface area contributed by atoms with Gasteiger partial charge in [-0.3, -0.25) is 9.78 Å². The highest BCUT2D eigenvalue weighted by Gasteiger charge is 2.39. The van der Waals surface area contributed by atoms with Crippen LogP contribution in [0, 0.1) is 11.3 Å². The highest BCUT2D eigenvalue weighted by molar-refractivity contribution is 6.30. The Morgan fingerprint density at radius 2 is 2.00 bits per heavy atom. The predicted molar refractivity (Wildman–Crippen MR) is 91.8 cm³/mol. The fourth-order valence-electron chi connectivity index (χ4n) is 2.72. The zero-order chi connectivity index (χ0) is 17.3. The molecule has 0 spiro atoms. The number of rotatable bonds is 2. The van der Waals surface area contributed by atoms with Crippen molar-refractivity contribution in [2.75, 3.05) is 0 Å². The van der Waals surface area contributed by atoms with Gasteiger partial charge < -0.3 is 0 Å². The molecule has 6 heteroatoms. The fourth-order valence-corrected chi connectivity index (χ4v) is 2.89. The fraction of sp³-hybridized carbons (Fsp3) is 0.222. The summed E-state index contributed by atoms with van der Waals surface area (Å²) in [6.45, 7) is 3.90. The second-order valence-corrected chi connectivity index (χ2v) is 6.63. The van der Waals surface area contributed by atoms with Crippen molar-refractivity contribution < 1.29 is 4.79 Å². The summed E-state index contributed by atoms with van der Waals surface area (Å²) in [7, 11) is 0. The molecular formula is C18H15ClN4O. The summed E-state index contributed by atoms with van der Waals surface area (Å²) in [5, 5.41) is 15.8. The van der Waals surface area contributed by atoms with Gasteiger partial charge in [0, 0.05) is 35.0 Å². The van der Waals surface area contributed by atoms with E-state index in [-0.39, 0.29) is 5.91 Å². The van der Waals surface area contributed by atoms with E-state index in [1.165, 1.54) is 5.01 Å². The first-order chi connectivity index (χ1) is 11.4. The Bertz CT molecular complexity index is 868. The monoisotopic (exact) mass is 338 g/mol. The van der Waals surface area contributed by atoms with Crippen LogP contribution in [0.5, 0.6) is 0 Å². The van der Waals surface area contributed by atoms with Gasteiger partial charge >= 0.3 is 0 Å². The van der Waals surface area contributed by atoms with Gasteiger partial charge in [-0.1, -0.05) is 17.7 Å². The molecule has 0 saturated heterocycles. The largest absolute Gasteiger partial charge is 0.274 e. The molecule has 3 rings (SSSR count). The van der Waals surface area contributed by atoms with Crippen LogP contribution in [0.3, 0.4) is 0 Å². The van der Waals surface area contributed by atoms with Crippen LogP contribution < -0.4 is 0 Å². The first kappa shape index (κ1) is 16.2. The van der Waals surface area contributed by atoms with Crippen LogP contribution in [-0.4, -0.2) is 27.2 Å². The number of hydrazone groups is 1. The maximum absolute atomic E-state index is 12.8. The summed E-state index contributed by atoms with van der Waals surface area (Å²) >= 11 is 5.96. The number of carbonyl (C=O) groups is 1. The Hall–Kier alpha value is -2.71. The van der Waals surface area contributed by atoms with E-state index in [0.717, 1.165) is 0 Å². The molecule has 24 heavy (non-hydrogen) atoms. The zero-order valence-electron chi connectivity index (χ0n) is 13.3. The molecule has 0 radical (unpaired) electrons. The van der Waals surface area contributed by atoms with Gasteiger partial charge in [-0.2, -0.15) is 10.4 Å². The Balaban J connectivity index is 2.01. The third-order valence-corrected chi connectivity index (χ3v) is 4.16. The molecule has 1 aliphatic heterocycles. The van der Waals surface area contributed by atoms with E-state index in [9.17, 15) is 10.1 Å². The summed E-state index contributed by atoms with van der Waals surface area (Å²) in [5.41, 5.74) is 1.91. The second kappa shape index (κ2) is 6.06. The Labute approximate surface area is 145 Å². The van der Waals surface area contributed by atoms with Gasteiger partial charge in [0.05, 0.1) is 22.9 Å². The summed E-state index contributed by atoms with van der Waals surface area (Å²) in [4.78, 5) is 16.7. The van der Waals surface area contributed by atoms with E-state index in [1.807, 2.05) is 13.8 Å². The minimum absolute atomic E-state index is 0.190. The first-order valence-electron chi connectivity index (χ1n) is 7.44. The van der Waals surface area contributed by atoms with E-state index >= 15 is 0 Å². The van der Waals surface area contributed by atoms with Crippen molar-refractivity contribution in [1.82, 2.24) is 9.99 Å². The quantitative estimate of drug-likeness (QED) is 0.839. The lowest BCUT2D eigenvalue weighted by molar-refractivity contribution is 0.0612. The van der Waals surface area contributed by atoms with Gasteiger partial charge in [-0.05, 0) is 38.1 Å². The number of hydrogen-bond donors (Lipinski definition) is 0. The summed E-state index contributed by atoms with van der Waals surface area (Å²) < 4.78 is 0. The van der Waals surface area contributed by atoms with E-state index in [4.69, 9.17) is 11.6 Å². The van der Waals surface area contributed by atoms with Gasteiger partial charge in [0.1, 0.15) is 0 Å². The van der Waals surface area contributed by atoms with E-state index in [2.05, 4.69) is 16.2 Å². The molecule has 0 fully saturated rings. The molecule has 2 heterocycles. The molecule has 0 unspecified atom stereocenters. The van der Waals surface area contributed by atoms with E-state index in [1.54, 1.807) is 42.7 Å². The average molecular weight is 339 g/mol. The summed E-state index contributed by atoms with van der Waals surface area (Å²) in [6.07, 6.45) is 3.71. The number of pyridine rings is 1. The van der Waals surface area contributed by atoms with Crippen molar-refractivity contribution in [3.8, 4) is 6.07 Å². The van der Waals surface area contributed by atoms with Gasteiger partial charge in [0.2, 0.25) is 0 Å². The minimum atomic E-state index is -0.484. The van der Waals surface area contributed by atoms with Crippen molar-refractivity contribution >= 4 is 23.2 Å². The highest BCUT2D eigenvalue weighted by atomic mass is 35.5. The number of aromatic nitrogens is 1. The van der Waals surface area contributed by atoms with E-state index in [0.29, 0.717) is 33.8 Å².